The number of halogens is 2. The van der Waals surface area contributed by atoms with Crippen LogP contribution in [0.15, 0.2) is 42.5 Å². The molecule has 17 heavy (non-hydrogen) atoms. The van der Waals surface area contributed by atoms with Crippen LogP contribution < -0.4 is 0 Å². The molecule has 0 bridgehead atoms. The molecule has 0 amide bonds. The fraction of sp³-hybridized carbons (Fsp3) is 0.200. The van der Waals surface area contributed by atoms with E-state index in [1.807, 2.05) is 26.0 Å². The topological polar surface area (TPSA) is 0 Å². The minimum atomic E-state index is 0.663. The number of rotatable bonds is 1. The second kappa shape index (κ2) is 6.68. The molecule has 0 saturated carbocycles. The van der Waals surface area contributed by atoms with Crippen LogP contribution in [0.4, 0.5) is 0 Å². The lowest BCUT2D eigenvalue weighted by Gasteiger charge is -2.05. The third-order valence-corrected chi connectivity index (χ3v) is 2.84. The van der Waals surface area contributed by atoms with E-state index >= 15 is 0 Å². The van der Waals surface area contributed by atoms with Crippen LogP contribution in [0.1, 0.15) is 19.4 Å². The molecule has 2 aromatic carbocycles. The summed E-state index contributed by atoms with van der Waals surface area (Å²) in [6, 6.07) is 13.8. The van der Waals surface area contributed by atoms with Crippen molar-refractivity contribution in [2.45, 2.75) is 20.8 Å². The lowest BCUT2D eigenvalue weighted by atomic mass is 10.0. The largest absolute Gasteiger partial charge is 0.0843 e. The van der Waals surface area contributed by atoms with Crippen molar-refractivity contribution in [1.82, 2.24) is 0 Å². The van der Waals surface area contributed by atoms with Crippen LogP contribution in [0.2, 0.25) is 10.0 Å². The lowest BCUT2D eigenvalue weighted by Crippen LogP contribution is -1.80. The second-order valence-electron chi connectivity index (χ2n) is 3.49. The normalized spacial score (nSPS) is 9.47. The molecular weight excluding hydrogens is 251 g/mol. The zero-order valence-electron chi connectivity index (χ0n) is 10.3. The summed E-state index contributed by atoms with van der Waals surface area (Å²) in [5.41, 5.74) is 3.37. The maximum atomic E-state index is 6.12. The molecule has 2 aromatic rings. The van der Waals surface area contributed by atoms with Crippen LogP contribution in [-0.2, 0) is 0 Å². The van der Waals surface area contributed by atoms with Crippen molar-refractivity contribution in [3.8, 4) is 11.1 Å². The van der Waals surface area contributed by atoms with Gasteiger partial charge < -0.3 is 0 Å². The molecule has 0 aromatic heterocycles. The molecule has 0 N–H and O–H groups in total. The molecule has 0 spiro atoms. The molecule has 0 atom stereocenters. The van der Waals surface area contributed by atoms with Gasteiger partial charge in [0.05, 0.1) is 0 Å². The molecular formula is C15H16Cl2. The fourth-order valence-corrected chi connectivity index (χ4v) is 1.97. The Kier molecular flexibility index (Phi) is 5.54. The van der Waals surface area contributed by atoms with Crippen molar-refractivity contribution in [2.24, 2.45) is 0 Å². The molecule has 0 heterocycles. The Morgan fingerprint density at radius 1 is 0.824 bits per heavy atom. The van der Waals surface area contributed by atoms with Crippen molar-refractivity contribution in [3.63, 3.8) is 0 Å². The number of aryl methyl sites for hydroxylation is 1. The number of hydrogen-bond acceptors (Lipinski definition) is 0. The van der Waals surface area contributed by atoms with Gasteiger partial charge in [0.2, 0.25) is 0 Å². The summed E-state index contributed by atoms with van der Waals surface area (Å²) in [4.78, 5) is 0. The fourth-order valence-electron chi connectivity index (χ4n) is 1.46. The van der Waals surface area contributed by atoms with Gasteiger partial charge in [0.15, 0.2) is 0 Å². The number of benzene rings is 2. The van der Waals surface area contributed by atoms with Gasteiger partial charge in [0.1, 0.15) is 0 Å². The molecule has 0 saturated heterocycles. The highest BCUT2D eigenvalue weighted by Gasteiger charge is 2.03. The van der Waals surface area contributed by atoms with Gasteiger partial charge in [-0.1, -0.05) is 72.9 Å². The molecule has 2 heteroatoms. The Hall–Kier alpha value is -0.980. The Balaban J connectivity index is 0.000000686. The third kappa shape index (κ3) is 3.76. The SMILES string of the molecule is CC.Cc1ccc(-c2ccc(Cl)cc2Cl)cc1. The first-order valence-corrected chi connectivity index (χ1v) is 6.44. The van der Waals surface area contributed by atoms with Gasteiger partial charge in [-0.2, -0.15) is 0 Å². The molecule has 0 unspecified atom stereocenters. The first kappa shape index (κ1) is 14.1. The maximum absolute atomic E-state index is 6.12. The van der Waals surface area contributed by atoms with E-state index in [0.717, 1.165) is 11.1 Å². The molecule has 0 nitrogen and oxygen atoms in total. The minimum Gasteiger partial charge on any atom is -0.0843 e. The Morgan fingerprint density at radius 3 is 1.94 bits per heavy atom. The average molecular weight is 267 g/mol. The summed E-state index contributed by atoms with van der Waals surface area (Å²) in [5.74, 6) is 0. The summed E-state index contributed by atoms with van der Waals surface area (Å²) in [5, 5.41) is 1.35. The van der Waals surface area contributed by atoms with Crippen molar-refractivity contribution in [1.29, 1.82) is 0 Å². The van der Waals surface area contributed by atoms with Crippen LogP contribution >= 0.6 is 23.2 Å². The highest BCUT2D eigenvalue weighted by Crippen LogP contribution is 2.30. The van der Waals surface area contributed by atoms with E-state index in [9.17, 15) is 0 Å². The van der Waals surface area contributed by atoms with Crippen LogP contribution in [0, 0.1) is 6.92 Å². The zero-order chi connectivity index (χ0) is 12.8. The number of hydrogen-bond donors (Lipinski definition) is 0. The van der Waals surface area contributed by atoms with Crippen molar-refractivity contribution < 1.29 is 0 Å². The quantitative estimate of drug-likeness (QED) is 0.594. The Labute approximate surface area is 113 Å². The van der Waals surface area contributed by atoms with Crippen molar-refractivity contribution in [3.05, 3.63) is 58.1 Å². The van der Waals surface area contributed by atoms with E-state index in [2.05, 4.69) is 31.2 Å². The van der Waals surface area contributed by atoms with E-state index in [1.165, 1.54) is 5.56 Å². The van der Waals surface area contributed by atoms with Gasteiger partial charge in [-0.15, -0.1) is 0 Å². The first-order valence-electron chi connectivity index (χ1n) is 5.69. The van der Waals surface area contributed by atoms with Crippen molar-refractivity contribution >= 4 is 23.2 Å². The van der Waals surface area contributed by atoms with E-state index in [1.54, 1.807) is 6.07 Å². The summed E-state index contributed by atoms with van der Waals surface area (Å²) in [6.07, 6.45) is 0. The van der Waals surface area contributed by atoms with E-state index < -0.39 is 0 Å². The summed E-state index contributed by atoms with van der Waals surface area (Å²) >= 11 is 12.0. The smallest absolute Gasteiger partial charge is 0.0499 e. The molecule has 0 aliphatic heterocycles. The standard InChI is InChI=1S/C13H10Cl2.C2H6/c1-9-2-4-10(5-3-9)12-7-6-11(14)8-13(12)15;1-2/h2-8H,1H3;1-2H3. The molecule has 0 radical (unpaired) electrons. The summed E-state index contributed by atoms with van der Waals surface area (Å²) in [6.45, 7) is 6.06. The molecule has 0 aliphatic carbocycles. The highest BCUT2D eigenvalue weighted by atomic mass is 35.5. The van der Waals surface area contributed by atoms with Gasteiger partial charge in [-0.05, 0) is 24.6 Å². The van der Waals surface area contributed by atoms with Crippen molar-refractivity contribution in [2.75, 3.05) is 0 Å². The van der Waals surface area contributed by atoms with Gasteiger partial charge in [-0.25, -0.2) is 0 Å². The monoisotopic (exact) mass is 266 g/mol. The van der Waals surface area contributed by atoms with E-state index in [0.29, 0.717) is 10.0 Å². The Bertz CT molecular complexity index is 473. The second-order valence-corrected chi connectivity index (χ2v) is 4.33. The van der Waals surface area contributed by atoms with Gasteiger partial charge in [-0.3, -0.25) is 0 Å². The van der Waals surface area contributed by atoms with Crippen LogP contribution in [0.25, 0.3) is 11.1 Å². The predicted molar refractivity (Wildman–Crippen MR) is 78.0 cm³/mol. The molecule has 90 valence electrons. The minimum absolute atomic E-state index is 0.663. The molecule has 0 fully saturated rings. The zero-order valence-corrected chi connectivity index (χ0v) is 11.8. The van der Waals surface area contributed by atoms with Gasteiger partial charge in [0.25, 0.3) is 0 Å². The lowest BCUT2D eigenvalue weighted by molar-refractivity contribution is 1.47. The van der Waals surface area contributed by atoms with Crippen LogP contribution in [0.5, 0.6) is 0 Å². The summed E-state index contributed by atoms with van der Waals surface area (Å²) in [7, 11) is 0. The predicted octanol–water partition coefficient (Wildman–Crippen LogP) is 6.00. The van der Waals surface area contributed by atoms with Crippen LogP contribution in [-0.4, -0.2) is 0 Å². The molecule has 2 rings (SSSR count). The highest BCUT2D eigenvalue weighted by molar-refractivity contribution is 6.36. The average Bonchev–Trinajstić information content (AvgIpc) is 2.33. The van der Waals surface area contributed by atoms with E-state index in [-0.39, 0.29) is 0 Å². The van der Waals surface area contributed by atoms with Gasteiger partial charge >= 0.3 is 0 Å². The van der Waals surface area contributed by atoms with Crippen LogP contribution in [0.3, 0.4) is 0 Å². The van der Waals surface area contributed by atoms with Gasteiger partial charge in [0, 0.05) is 15.6 Å². The maximum Gasteiger partial charge on any atom is 0.0499 e. The summed E-state index contributed by atoms with van der Waals surface area (Å²) < 4.78 is 0. The van der Waals surface area contributed by atoms with E-state index in [4.69, 9.17) is 23.2 Å². The first-order chi connectivity index (χ1) is 8.16. The molecule has 0 aliphatic rings. The Morgan fingerprint density at radius 2 is 1.41 bits per heavy atom. The third-order valence-electron chi connectivity index (χ3n) is 2.29.